The number of fused-ring (bicyclic) bond motifs is 1. The first-order chi connectivity index (χ1) is 22.7. The van der Waals surface area contributed by atoms with E-state index >= 15 is 0 Å². The van der Waals surface area contributed by atoms with Crippen molar-refractivity contribution in [3.8, 4) is 11.5 Å². The van der Waals surface area contributed by atoms with Crippen LogP contribution in [0.15, 0.2) is 87.0 Å². The lowest BCUT2D eigenvalue weighted by atomic mass is 9.97. The van der Waals surface area contributed by atoms with Crippen LogP contribution in [0.5, 0.6) is 11.5 Å². The van der Waals surface area contributed by atoms with E-state index in [9.17, 15) is 9.90 Å². The molecular weight excluding hydrogens is 619 g/mol. The zero-order valence-corrected chi connectivity index (χ0v) is 31.1. The Bertz CT molecular complexity index is 1760. The monoisotopic (exact) mass is 671 g/mol. The minimum absolute atomic E-state index is 0.0290. The number of carbonyl (C=O) groups excluding carboxylic acids is 1. The Morgan fingerprint density at radius 1 is 0.979 bits per heavy atom. The van der Waals surface area contributed by atoms with Gasteiger partial charge >= 0.3 is 0 Å². The fraction of sp³-hybridized carbons (Fsp3) is 0.385. The first-order valence-electron chi connectivity index (χ1n) is 16.3. The minimum Gasteiger partial charge on any atom is -0.508 e. The third-order valence-corrected chi connectivity index (χ3v) is 9.66. The predicted octanol–water partition coefficient (Wildman–Crippen LogP) is 8.33. The number of aromatic nitrogens is 1. The van der Waals surface area contributed by atoms with Crippen LogP contribution in [0.3, 0.4) is 0 Å². The van der Waals surface area contributed by atoms with Crippen LogP contribution in [0.4, 0.5) is 0 Å². The Morgan fingerprint density at radius 2 is 1.69 bits per heavy atom. The average Bonchev–Trinajstić information content (AvgIpc) is 3.49. The van der Waals surface area contributed by atoms with Crippen molar-refractivity contribution in [1.82, 2.24) is 10.3 Å². The van der Waals surface area contributed by atoms with Crippen LogP contribution in [-0.4, -0.2) is 72.1 Å². The molecule has 1 heterocycles. The second kappa shape index (κ2) is 17.7. The standard InChI is InChI=1S/C24H31N3O2.C15H22N2OS/c1-7-16(2)19(5)27-26-18(4)15-25-24(20-9-11-21(28)12-10-20)23-14-22(29-6)13-8-17(23)3;1-11(18)16-8-7-12-5-6-14-13(9-12)10-15(17-14)19(2,3)4/h8-14,16,28H,7,15H2,1-6H3;5-6,9-10,17H,7-8H2,1-4H3,(H,16,18)/b25-24?,26-18+,27-19-;. The summed E-state index contributed by atoms with van der Waals surface area (Å²) in [5, 5.41) is 23.8. The van der Waals surface area contributed by atoms with E-state index in [2.05, 4.69) is 77.4 Å². The first kappa shape index (κ1) is 38.1. The molecule has 1 unspecified atom stereocenters. The fourth-order valence-electron chi connectivity index (χ4n) is 4.74. The molecule has 1 amide bonds. The van der Waals surface area contributed by atoms with Gasteiger partial charge in [0.15, 0.2) is 0 Å². The van der Waals surface area contributed by atoms with Crippen molar-refractivity contribution in [1.29, 1.82) is 0 Å². The van der Waals surface area contributed by atoms with Crippen molar-refractivity contribution in [2.24, 2.45) is 21.1 Å². The number of aromatic amines is 1. The molecule has 258 valence electrons. The van der Waals surface area contributed by atoms with Crippen molar-refractivity contribution in [3.05, 3.63) is 89.0 Å². The zero-order valence-electron chi connectivity index (χ0n) is 30.3. The number of nitrogens with zero attached hydrogens (tertiary/aromatic N) is 3. The normalized spacial score (nSPS) is 13.5. The van der Waals surface area contributed by atoms with Gasteiger partial charge < -0.3 is 20.1 Å². The number of nitrogens with one attached hydrogen (secondary N) is 2. The highest BCUT2D eigenvalue weighted by Crippen LogP contribution is 2.45. The summed E-state index contributed by atoms with van der Waals surface area (Å²) in [6.45, 7) is 13.0. The number of carbonyl (C=O) groups is 1. The molecule has 0 saturated carbocycles. The van der Waals surface area contributed by atoms with Crippen LogP contribution < -0.4 is 10.1 Å². The molecule has 4 rings (SSSR count). The maximum atomic E-state index is 10.8. The molecule has 0 radical (unpaired) electrons. The largest absolute Gasteiger partial charge is 0.508 e. The van der Waals surface area contributed by atoms with Crippen LogP contribution in [0.1, 0.15) is 63.3 Å². The molecule has 0 spiro atoms. The van der Waals surface area contributed by atoms with Crippen LogP contribution in [0.25, 0.3) is 10.9 Å². The summed E-state index contributed by atoms with van der Waals surface area (Å²) in [6.07, 6.45) is 8.78. The number of amides is 1. The lowest BCUT2D eigenvalue weighted by Crippen LogP contribution is -2.22. The number of aliphatic imine (C=N–C) groups is 1. The Labute approximate surface area is 288 Å². The van der Waals surface area contributed by atoms with E-state index in [1.807, 2.05) is 51.1 Å². The number of methoxy groups -OCH3 is 1. The molecule has 8 nitrogen and oxygen atoms in total. The van der Waals surface area contributed by atoms with Gasteiger partial charge in [-0.05, 0) is 124 Å². The second-order valence-electron chi connectivity index (χ2n) is 12.9. The highest BCUT2D eigenvalue weighted by atomic mass is 32.3. The number of H-pyrrole nitrogens is 1. The zero-order chi connectivity index (χ0) is 35.4. The predicted molar refractivity (Wildman–Crippen MR) is 206 cm³/mol. The maximum Gasteiger partial charge on any atom is 0.216 e. The van der Waals surface area contributed by atoms with Gasteiger partial charge in [-0.2, -0.15) is 10.2 Å². The molecule has 0 saturated heterocycles. The van der Waals surface area contributed by atoms with Gasteiger partial charge in [0.1, 0.15) is 11.5 Å². The van der Waals surface area contributed by atoms with Gasteiger partial charge in [0, 0.05) is 41.2 Å². The fourth-order valence-corrected chi connectivity index (χ4v) is 5.64. The van der Waals surface area contributed by atoms with Crippen LogP contribution in [0.2, 0.25) is 0 Å². The summed E-state index contributed by atoms with van der Waals surface area (Å²) in [5.74, 6) is 1.45. The Balaban J connectivity index is 0.000000284. The molecule has 3 aromatic carbocycles. The SMILES string of the molecule is CC(=O)NCCc1ccc2[nH]c(S(C)(C)C)cc2c1.CCC(C)/C(C)=N\N=C(/C)CN=C(c1ccc(O)cc1)c1cc(OC)ccc1C. The number of hydrogen-bond donors (Lipinski definition) is 3. The molecule has 4 aromatic rings. The topological polar surface area (TPSA) is 111 Å². The second-order valence-corrected chi connectivity index (χ2v) is 17.0. The lowest BCUT2D eigenvalue weighted by Gasteiger charge is -2.23. The van der Waals surface area contributed by atoms with Crippen molar-refractivity contribution in [2.45, 2.75) is 59.4 Å². The van der Waals surface area contributed by atoms with E-state index in [1.165, 1.54) is 21.5 Å². The number of hydrogen-bond acceptors (Lipinski definition) is 6. The van der Waals surface area contributed by atoms with Gasteiger partial charge in [0.05, 0.1) is 30.1 Å². The maximum absolute atomic E-state index is 10.8. The van der Waals surface area contributed by atoms with Crippen molar-refractivity contribution < 1.29 is 14.6 Å². The third kappa shape index (κ3) is 11.4. The van der Waals surface area contributed by atoms with E-state index in [0.717, 1.165) is 52.4 Å². The number of rotatable bonds is 12. The van der Waals surface area contributed by atoms with Gasteiger partial charge in [-0.25, -0.2) is 10.0 Å². The van der Waals surface area contributed by atoms with Gasteiger partial charge in [0.2, 0.25) is 5.91 Å². The van der Waals surface area contributed by atoms with E-state index in [4.69, 9.17) is 9.73 Å². The molecule has 0 aliphatic heterocycles. The summed E-state index contributed by atoms with van der Waals surface area (Å²) in [6, 6.07) is 21.7. The Morgan fingerprint density at radius 3 is 2.31 bits per heavy atom. The average molecular weight is 672 g/mol. The molecule has 0 bridgehead atoms. The highest BCUT2D eigenvalue weighted by molar-refractivity contribution is 8.32. The lowest BCUT2D eigenvalue weighted by molar-refractivity contribution is -0.118. The van der Waals surface area contributed by atoms with Crippen molar-refractivity contribution in [3.63, 3.8) is 0 Å². The molecule has 0 aliphatic rings. The number of aryl methyl sites for hydroxylation is 1. The minimum atomic E-state index is -0.718. The smallest absolute Gasteiger partial charge is 0.216 e. The molecule has 9 heteroatoms. The molecule has 1 atom stereocenters. The Hall–Kier alpha value is -4.37. The van der Waals surface area contributed by atoms with Crippen LogP contribution in [0, 0.1) is 12.8 Å². The van der Waals surface area contributed by atoms with E-state index in [0.29, 0.717) is 19.0 Å². The summed E-state index contributed by atoms with van der Waals surface area (Å²) in [7, 11) is 0.935. The van der Waals surface area contributed by atoms with Gasteiger partial charge in [-0.1, -0.05) is 26.0 Å². The van der Waals surface area contributed by atoms with E-state index < -0.39 is 10.0 Å². The molecule has 3 N–H and O–H groups in total. The summed E-state index contributed by atoms with van der Waals surface area (Å²) in [5.41, 5.74) is 8.16. The summed E-state index contributed by atoms with van der Waals surface area (Å²) >= 11 is 0. The molecule has 1 aromatic heterocycles. The molecule has 0 fully saturated rings. The summed E-state index contributed by atoms with van der Waals surface area (Å²) < 4.78 is 5.40. The van der Waals surface area contributed by atoms with Gasteiger partial charge in [-0.3, -0.25) is 9.79 Å². The highest BCUT2D eigenvalue weighted by Gasteiger charge is 2.13. The van der Waals surface area contributed by atoms with E-state index in [1.54, 1.807) is 26.2 Å². The Kier molecular flexibility index (Phi) is 14.0. The number of phenols is 1. The summed E-state index contributed by atoms with van der Waals surface area (Å²) in [4.78, 5) is 19.2. The van der Waals surface area contributed by atoms with Crippen LogP contribution >= 0.6 is 10.0 Å². The van der Waals surface area contributed by atoms with E-state index in [-0.39, 0.29) is 11.7 Å². The van der Waals surface area contributed by atoms with Gasteiger partial charge in [0.25, 0.3) is 0 Å². The first-order valence-corrected chi connectivity index (χ1v) is 19.2. The van der Waals surface area contributed by atoms with Gasteiger partial charge in [-0.15, -0.1) is 0 Å². The van der Waals surface area contributed by atoms with Crippen molar-refractivity contribution in [2.75, 3.05) is 39.0 Å². The molecule has 0 aliphatic carbocycles. The molecular formula is C39H53N5O3S. The quantitative estimate of drug-likeness (QED) is 0.104. The number of phenolic OH excluding ortho intramolecular Hbond substituents is 1. The number of benzene rings is 3. The number of ether oxygens (including phenoxy) is 1. The molecule has 48 heavy (non-hydrogen) atoms. The third-order valence-electron chi connectivity index (χ3n) is 8.12. The number of aromatic hydroxyl groups is 1. The van der Waals surface area contributed by atoms with Crippen molar-refractivity contribution >= 4 is 44.0 Å². The van der Waals surface area contributed by atoms with Crippen LogP contribution in [-0.2, 0) is 11.2 Å².